The van der Waals surface area contributed by atoms with Crippen molar-refractivity contribution in [3.8, 4) is 5.75 Å². The largest absolute Gasteiger partial charge is 0.508 e. The predicted octanol–water partition coefficient (Wildman–Crippen LogP) is 2.63. The van der Waals surface area contributed by atoms with Crippen LogP contribution in [0.15, 0.2) is 24.3 Å². The molecule has 0 radical (unpaired) electrons. The maximum Gasteiger partial charge on any atom is 0.115 e. The van der Waals surface area contributed by atoms with Crippen LogP contribution in [0.5, 0.6) is 5.75 Å². The lowest BCUT2D eigenvalue weighted by atomic mass is 9.93. The molecular weight excluding hydrogens is 188 g/mol. The number of phenolic OH excluding ortho intramolecular Hbond substituents is 1. The minimum atomic E-state index is -0.439. The van der Waals surface area contributed by atoms with E-state index in [2.05, 4.69) is 0 Å². The number of aromatic hydroxyl groups is 1. The molecule has 1 fully saturated rings. The van der Waals surface area contributed by atoms with Crippen LogP contribution in [0.2, 0.25) is 0 Å². The highest BCUT2D eigenvalue weighted by Gasteiger charge is 2.30. The van der Waals surface area contributed by atoms with Crippen molar-refractivity contribution >= 4 is 0 Å². The van der Waals surface area contributed by atoms with E-state index >= 15 is 0 Å². The van der Waals surface area contributed by atoms with Crippen LogP contribution in [0, 0.1) is 0 Å². The highest BCUT2D eigenvalue weighted by Crippen LogP contribution is 2.33. The first-order chi connectivity index (χ1) is 7.18. The van der Waals surface area contributed by atoms with Crippen molar-refractivity contribution in [3.63, 3.8) is 0 Å². The fourth-order valence-electron chi connectivity index (χ4n) is 2.37. The van der Waals surface area contributed by atoms with Gasteiger partial charge in [0, 0.05) is 0 Å². The predicted molar refractivity (Wildman–Crippen MR) is 59.8 cm³/mol. The van der Waals surface area contributed by atoms with E-state index in [0.29, 0.717) is 5.75 Å². The maximum atomic E-state index is 10.2. The zero-order valence-corrected chi connectivity index (χ0v) is 8.95. The molecule has 2 heteroatoms. The number of aliphatic hydroxyl groups is 1. The van der Waals surface area contributed by atoms with E-state index in [0.717, 1.165) is 44.1 Å². The summed E-state index contributed by atoms with van der Waals surface area (Å²) in [5.74, 6) is 0.311. The van der Waals surface area contributed by atoms with Crippen LogP contribution in [0.4, 0.5) is 0 Å². The SMILES string of the molecule is Oc1cccc(CCC2(O)CCCC2)c1. The Bertz CT molecular complexity index is 327. The number of aryl methyl sites for hydroxylation is 1. The molecule has 0 saturated heterocycles. The molecule has 0 amide bonds. The fraction of sp³-hybridized carbons (Fsp3) is 0.538. The number of hydrogen-bond donors (Lipinski definition) is 2. The molecule has 1 aromatic rings. The van der Waals surface area contributed by atoms with Gasteiger partial charge in [0.15, 0.2) is 0 Å². The molecule has 1 saturated carbocycles. The molecule has 0 atom stereocenters. The quantitative estimate of drug-likeness (QED) is 0.798. The summed E-state index contributed by atoms with van der Waals surface area (Å²) in [7, 11) is 0. The van der Waals surface area contributed by atoms with E-state index in [1.54, 1.807) is 12.1 Å². The third-order valence-corrected chi connectivity index (χ3v) is 3.32. The van der Waals surface area contributed by atoms with Crippen LogP contribution in [0.25, 0.3) is 0 Å². The fourth-order valence-corrected chi connectivity index (χ4v) is 2.37. The summed E-state index contributed by atoms with van der Waals surface area (Å²) in [6.07, 6.45) is 5.84. The molecular formula is C13H18O2. The molecule has 0 aliphatic heterocycles. The van der Waals surface area contributed by atoms with Gasteiger partial charge in [0.05, 0.1) is 5.60 Å². The van der Waals surface area contributed by atoms with E-state index in [4.69, 9.17) is 0 Å². The Morgan fingerprint density at radius 1 is 1.20 bits per heavy atom. The maximum absolute atomic E-state index is 10.2. The first-order valence-corrected chi connectivity index (χ1v) is 5.68. The van der Waals surface area contributed by atoms with E-state index in [-0.39, 0.29) is 0 Å². The van der Waals surface area contributed by atoms with Crippen LogP contribution in [-0.2, 0) is 6.42 Å². The van der Waals surface area contributed by atoms with Gasteiger partial charge in [0.25, 0.3) is 0 Å². The number of hydrogen-bond acceptors (Lipinski definition) is 2. The smallest absolute Gasteiger partial charge is 0.115 e. The van der Waals surface area contributed by atoms with Gasteiger partial charge in [0.2, 0.25) is 0 Å². The van der Waals surface area contributed by atoms with Crippen molar-refractivity contribution in [2.24, 2.45) is 0 Å². The minimum absolute atomic E-state index is 0.311. The molecule has 2 nitrogen and oxygen atoms in total. The monoisotopic (exact) mass is 206 g/mol. The van der Waals surface area contributed by atoms with E-state index in [9.17, 15) is 10.2 Å². The van der Waals surface area contributed by atoms with Gasteiger partial charge in [-0.1, -0.05) is 25.0 Å². The van der Waals surface area contributed by atoms with Crippen LogP contribution in [0.3, 0.4) is 0 Å². The van der Waals surface area contributed by atoms with Crippen molar-refractivity contribution in [1.82, 2.24) is 0 Å². The highest BCUT2D eigenvalue weighted by molar-refractivity contribution is 5.27. The molecule has 0 unspecified atom stereocenters. The van der Waals surface area contributed by atoms with E-state index < -0.39 is 5.60 Å². The average molecular weight is 206 g/mol. The molecule has 2 rings (SSSR count). The Morgan fingerprint density at radius 3 is 2.60 bits per heavy atom. The molecule has 0 heterocycles. The van der Waals surface area contributed by atoms with Gasteiger partial charge < -0.3 is 10.2 Å². The summed E-state index contributed by atoms with van der Waals surface area (Å²) in [5, 5.41) is 19.5. The zero-order valence-electron chi connectivity index (χ0n) is 8.95. The van der Waals surface area contributed by atoms with Crippen molar-refractivity contribution < 1.29 is 10.2 Å². The van der Waals surface area contributed by atoms with Crippen LogP contribution in [-0.4, -0.2) is 15.8 Å². The molecule has 15 heavy (non-hydrogen) atoms. The highest BCUT2D eigenvalue weighted by atomic mass is 16.3. The van der Waals surface area contributed by atoms with Gasteiger partial charge in [-0.3, -0.25) is 0 Å². The third kappa shape index (κ3) is 2.72. The molecule has 0 bridgehead atoms. The Balaban J connectivity index is 1.92. The molecule has 1 aliphatic rings. The van der Waals surface area contributed by atoms with E-state index in [1.807, 2.05) is 12.1 Å². The molecule has 2 N–H and O–H groups in total. The van der Waals surface area contributed by atoms with Gasteiger partial charge in [-0.05, 0) is 43.4 Å². The van der Waals surface area contributed by atoms with Gasteiger partial charge >= 0.3 is 0 Å². The van der Waals surface area contributed by atoms with Crippen molar-refractivity contribution in [2.45, 2.75) is 44.1 Å². The average Bonchev–Trinajstić information content (AvgIpc) is 2.63. The first-order valence-electron chi connectivity index (χ1n) is 5.68. The van der Waals surface area contributed by atoms with Crippen LogP contribution >= 0.6 is 0 Å². The molecule has 82 valence electrons. The van der Waals surface area contributed by atoms with E-state index in [1.165, 1.54) is 0 Å². The lowest BCUT2D eigenvalue weighted by Gasteiger charge is -2.21. The first kappa shape index (κ1) is 10.5. The zero-order chi connectivity index (χ0) is 10.7. The second-order valence-electron chi connectivity index (χ2n) is 4.60. The number of rotatable bonds is 3. The topological polar surface area (TPSA) is 40.5 Å². The normalized spacial score (nSPS) is 19.3. The van der Waals surface area contributed by atoms with Gasteiger partial charge in [-0.15, -0.1) is 0 Å². The lowest BCUT2D eigenvalue weighted by molar-refractivity contribution is 0.0391. The summed E-state index contributed by atoms with van der Waals surface area (Å²) in [6.45, 7) is 0. The second-order valence-corrected chi connectivity index (χ2v) is 4.60. The Labute approximate surface area is 90.6 Å². The summed E-state index contributed by atoms with van der Waals surface area (Å²) >= 11 is 0. The van der Waals surface area contributed by atoms with Crippen LogP contribution in [0.1, 0.15) is 37.7 Å². The van der Waals surface area contributed by atoms with Gasteiger partial charge in [0.1, 0.15) is 5.75 Å². The summed E-state index contributed by atoms with van der Waals surface area (Å²) < 4.78 is 0. The lowest BCUT2D eigenvalue weighted by Crippen LogP contribution is -2.24. The minimum Gasteiger partial charge on any atom is -0.508 e. The molecule has 1 aromatic carbocycles. The van der Waals surface area contributed by atoms with Crippen molar-refractivity contribution in [2.75, 3.05) is 0 Å². The van der Waals surface area contributed by atoms with Crippen molar-refractivity contribution in [3.05, 3.63) is 29.8 Å². The standard InChI is InChI=1S/C13H18O2/c14-12-5-3-4-11(10-12)6-9-13(15)7-1-2-8-13/h3-5,10,14-15H,1-2,6-9H2. The Kier molecular flexibility index (Phi) is 2.96. The summed E-state index contributed by atoms with van der Waals surface area (Å²) in [6, 6.07) is 7.30. The summed E-state index contributed by atoms with van der Waals surface area (Å²) in [5.41, 5.74) is 0.668. The Morgan fingerprint density at radius 2 is 1.93 bits per heavy atom. The number of benzene rings is 1. The van der Waals surface area contributed by atoms with Crippen LogP contribution < -0.4 is 0 Å². The third-order valence-electron chi connectivity index (χ3n) is 3.32. The van der Waals surface area contributed by atoms with Gasteiger partial charge in [-0.25, -0.2) is 0 Å². The molecule has 0 aromatic heterocycles. The summed E-state index contributed by atoms with van der Waals surface area (Å²) in [4.78, 5) is 0. The number of phenols is 1. The Hall–Kier alpha value is -1.02. The second kappa shape index (κ2) is 4.23. The van der Waals surface area contributed by atoms with Crippen molar-refractivity contribution in [1.29, 1.82) is 0 Å². The molecule has 0 spiro atoms. The van der Waals surface area contributed by atoms with Gasteiger partial charge in [-0.2, -0.15) is 0 Å². The molecule has 1 aliphatic carbocycles.